The highest BCUT2D eigenvalue weighted by Crippen LogP contribution is 2.39. The second-order valence-electron chi connectivity index (χ2n) is 5.63. The number of halogens is 6. The molecule has 0 spiro atoms. The summed E-state index contributed by atoms with van der Waals surface area (Å²) in [6, 6.07) is 5.44. The van der Waals surface area contributed by atoms with Crippen LogP contribution in [0.3, 0.4) is 0 Å². The number of alkyl halides is 6. The van der Waals surface area contributed by atoms with Crippen molar-refractivity contribution in [2.24, 2.45) is 0 Å². The third-order valence-electron chi connectivity index (χ3n) is 3.67. The predicted molar refractivity (Wildman–Crippen MR) is 75.1 cm³/mol. The maximum Gasteiger partial charge on any atom is 0.423 e. The molecule has 1 atom stereocenters. The molecule has 1 aromatic carbocycles. The van der Waals surface area contributed by atoms with Gasteiger partial charge in [0.15, 0.2) is 0 Å². The smallest absolute Gasteiger partial charge is 0.341 e. The first-order valence-corrected chi connectivity index (χ1v) is 8.65. The van der Waals surface area contributed by atoms with Crippen LogP contribution in [0.2, 0.25) is 0 Å². The molecule has 0 N–H and O–H groups in total. The Hall–Kier alpha value is -1.33. The summed E-state index contributed by atoms with van der Waals surface area (Å²) in [6.45, 7) is 1.48. The van der Waals surface area contributed by atoms with Crippen LogP contribution in [-0.2, 0) is 14.8 Å². The molecule has 2 rings (SSSR count). The summed E-state index contributed by atoms with van der Waals surface area (Å²) in [6.07, 6.45) is -17.4. The van der Waals surface area contributed by atoms with Gasteiger partial charge >= 0.3 is 12.4 Å². The van der Waals surface area contributed by atoms with E-state index in [0.29, 0.717) is 4.31 Å². The molecule has 0 amide bonds. The predicted octanol–water partition coefficient (Wildman–Crippen LogP) is 3.62. The number of aryl methyl sites for hydroxylation is 1. The van der Waals surface area contributed by atoms with E-state index in [2.05, 4.69) is 4.74 Å². The lowest BCUT2D eigenvalue weighted by Gasteiger charge is -2.30. The van der Waals surface area contributed by atoms with Crippen LogP contribution < -0.4 is 0 Å². The van der Waals surface area contributed by atoms with E-state index in [1.807, 2.05) is 0 Å². The molecule has 0 aliphatic carbocycles. The highest BCUT2D eigenvalue weighted by Gasteiger charge is 2.59. The van der Waals surface area contributed by atoms with Gasteiger partial charge in [-0.1, -0.05) is 17.7 Å². The quantitative estimate of drug-likeness (QED) is 0.737. The first-order valence-electron chi connectivity index (χ1n) is 7.21. The van der Waals surface area contributed by atoms with Crippen molar-refractivity contribution in [1.82, 2.24) is 4.31 Å². The van der Waals surface area contributed by atoms with Crippen molar-refractivity contribution in [2.45, 2.75) is 49.3 Å². The van der Waals surface area contributed by atoms with E-state index in [9.17, 15) is 34.8 Å². The van der Waals surface area contributed by atoms with Gasteiger partial charge in [0.05, 0.1) is 4.90 Å². The maximum atomic E-state index is 12.6. The number of rotatable bonds is 4. The summed E-state index contributed by atoms with van der Waals surface area (Å²) >= 11 is 0. The molecule has 0 unspecified atom stereocenters. The topological polar surface area (TPSA) is 46.6 Å². The molecule has 0 bridgehead atoms. The lowest BCUT2D eigenvalue weighted by molar-refractivity contribution is -0.335. The van der Waals surface area contributed by atoms with Gasteiger partial charge in [0.2, 0.25) is 10.0 Å². The Bertz CT molecular complexity index is 685. The van der Waals surface area contributed by atoms with Crippen molar-refractivity contribution >= 4 is 10.0 Å². The molecule has 1 fully saturated rings. The highest BCUT2D eigenvalue weighted by atomic mass is 32.2. The molecule has 1 aromatic rings. The van der Waals surface area contributed by atoms with Crippen LogP contribution in [0.1, 0.15) is 18.4 Å². The zero-order valence-corrected chi connectivity index (χ0v) is 13.7. The Labute approximate surface area is 140 Å². The molecule has 4 nitrogen and oxygen atoms in total. The molecule has 11 heteroatoms. The molecule has 1 heterocycles. The van der Waals surface area contributed by atoms with Gasteiger partial charge in [-0.25, -0.2) is 8.42 Å². The molecule has 142 valence electrons. The summed E-state index contributed by atoms with van der Waals surface area (Å²) in [5, 5.41) is 0. The van der Waals surface area contributed by atoms with E-state index in [1.165, 1.54) is 24.3 Å². The summed E-state index contributed by atoms with van der Waals surface area (Å²) in [7, 11) is -4.27. The van der Waals surface area contributed by atoms with Crippen LogP contribution in [0.5, 0.6) is 0 Å². The van der Waals surface area contributed by atoms with Crippen molar-refractivity contribution in [3.8, 4) is 0 Å². The average Bonchev–Trinajstić information content (AvgIpc) is 2.92. The first-order chi connectivity index (χ1) is 11.3. The van der Waals surface area contributed by atoms with Gasteiger partial charge in [0, 0.05) is 6.54 Å². The Morgan fingerprint density at radius 2 is 1.60 bits per heavy atom. The third-order valence-corrected chi connectivity index (χ3v) is 5.57. The van der Waals surface area contributed by atoms with Crippen LogP contribution in [0.4, 0.5) is 26.3 Å². The maximum absolute atomic E-state index is 12.6. The van der Waals surface area contributed by atoms with E-state index in [1.54, 1.807) is 6.92 Å². The van der Waals surface area contributed by atoms with E-state index < -0.39 is 34.7 Å². The Morgan fingerprint density at radius 1 is 1.08 bits per heavy atom. The van der Waals surface area contributed by atoms with Crippen molar-refractivity contribution in [1.29, 1.82) is 0 Å². The van der Waals surface area contributed by atoms with Crippen molar-refractivity contribution in [3.05, 3.63) is 29.8 Å². The molecular weight excluding hydrogens is 376 g/mol. The fourth-order valence-electron chi connectivity index (χ4n) is 2.46. The molecule has 0 aromatic heterocycles. The minimum atomic E-state index is -5.69. The zero-order valence-electron chi connectivity index (χ0n) is 12.9. The van der Waals surface area contributed by atoms with Crippen molar-refractivity contribution in [3.63, 3.8) is 0 Å². The second kappa shape index (κ2) is 6.76. The Balaban J connectivity index is 2.29. The summed E-state index contributed by atoms with van der Waals surface area (Å²) < 4.78 is 106. The normalized spacial score (nSPS) is 20.4. The van der Waals surface area contributed by atoms with Gasteiger partial charge in [-0.2, -0.15) is 30.6 Å². The van der Waals surface area contributed by atoms with Crippen LogP contribution in [0.25, 0.3) is 0 Å². The molecular formula is C14H15F6NO3S. The molecule has 0 radical (unpaired) electrons. The van der Waals surface area contributed by atoms with Crippen molar-refractivity contribution in [2.75, 3.05) is 6.54 Å². The van der Waals surface area contributed by atoms with Gasteiger partial charge in [-0.05, 0) is 31.9 Å². The number of benzene rings is 1. The van der Waals surface area contributed by atoms with E-state index in [4.69, 9.17) is 0 Å². The minimum Gasteiger partial charge on any atom is -0.341 e. The second-order valence-corrected chi connectivity index (χ2v) is 7.52. The third kappa shape index (κ3) is 4.45. The Kier molecular flexibility index (Phi) is 5.41. The highest BCUT2D eigenvalue weighted by molar-refractivity contribution is 7.89. The molecule has 1 saturated heterocycles. The van der Waals surface area contributed by atoms with E-state index in [-0.39, 0.29) is 24.3 Å². The van der Waals surface area contributed by atoms with E-state index >= 15 is 0 Å². The number of hydrogen-bond donors (Lipinski definition) is 0. The SMILES string of the molecule is Cc1ccc(S(=O)(=O)N2CCC[C@H]2OC(C(F)(F)F)C(F)(F)F)cc1. The summed E-state index contributed by atoms with van der Waals surface area (Å²) in [5.74, 6) is 0. The summed E-state index contributed by atoms with van der Waals surface area (Å²) in [5.41, 5.74) is 0.752. The standard InChI is InChI=1S/C14H15F6NO3S/c1-9-4-6-10(7-5-9)25(22,23)21-8-2-3-11(21)24-12(13(15,16)17)14(18,19)20/h4-7,11-12H,2-3,8H2,1H3/t11-/m1/s1. The first kappa shape index (κ1) is 20.0. The van der Waals surface area contributed by atoms with Gasteiger partial charge in [-0.3, -0.25) is 0 Å². The molecule has 1 aliphatic heterocycles. The Morgan fingerprint density at radius 3 is 2.08 bits per heavy atom. The lowest BCUT2D eigenvalue weighted by Crippen LogP contribution is -2.49. The monoisotopic (exact) mass is 391 g/mol. The fraction of sp³-hybridized carbons (Fsp3) is 0.571. The minimum absolute atomic E-state index is 0.0954. The van der Waals surface area contributed by atoms with Gasteiger partial charge in [0.25, 0.3) is 6.10 Å². The summed E-state index contributed by atoms with van der Waals surface area (Å²) in [4.78, 5) is -0.218. The number of hydrogen-bond acceptors (Lipinski definition) is 3. The average molecular weight is 391 g/mol. The van der Waals surface area contributed by atoms with Crippen molar-refractivity contribution < 1.29 is 39.5 Å². The van der Waals surface area contributed by atoms with Gasteiger partial charge < -0.3 is 4.74 Å². The van der Waals surface area contributed by atoms with Crippen LogP contribution in [-0.4, -0.2) is 44.0 Å². The zero-order chi connectivity index (χ0) is 19.0. The van der Waals surface area contributed by atoms with Crippen LogP contribution in [0.15, 0.2) is 29.2 Å². The van der Waals surface area contributed by atoms with Crippen LogP contribution >= 0.6 is 0 Å². The lowest BCUT2D eigenvalue weighted by atomic mass is 10.2. The molecule has 1 aliphatic rings. The van der Waals surface area contributed by atoms with E-state index in [0.717, 1.165) is 5.56 Å². The largest absolute Gasteiger partial charge is 0.423 e. The number of nitrogens with zero attached hydrogens (tertiary/aromatic N) is 1. The number of ether oxygens (including phenoxy) is 1. The van der Waals surface area contributed by atoms with Gasteiger partial charge in [0.1, 0.15) is 6.23 Å². The van der Waals surface area contributed by atoms with Gasteiger partial charge in [-0.15, -0.1) is 0 Å². The fourth-order valence-corrected chi connectivity index (χ4v) is 4.05. The molecule has 0 saturated carbocycles. The molecule has 25 heavy (non-hydrogen) atoms. The van der Waals surface area contributed by atoms with Crippen LogP contribution in [0, 0.1) is 6.92 Å². The number of sulfonamides is 1.